The second kappa shape index (κ2) is 5.72. The van der Waals surface area contributed by atoms with Gasteiger partial charge in [-0.25, -0.2) is 0 Å². The van der Waals surface area contributed by atoms with Gasteiger partial charge in [-0.2, -0.15) is 0 Å². The van der Waals surface area contributed by atoms with Crippen molar-refractivity contribution in [3.63, 3.8) is 0 Å². The zero-order chi connectivity index (χ0) is 15.6. The number of aliphatic hydroxyl groups excluding tert-OH is 1. The normalized spacial score (nSPS) is 19.0. The van der Waals surface area contributed by atoms with Crippen molar-refractivity contribution in [2.24, 2.45) is 10.4 Å². The maximum atomic E-state index is 12.3. The van der Waals surface area contributed by atoms with Gasteiger partial charge in [-0.05, 0) is 36.1 Å². The average Bonchev–Trinajstić information content (AvgIpc) is 2.37. The fraction of sp³-hybridized carbons (Fsp3) is 0.412. The fourth-order valence-corrected chi connectivity index (χ4v) is 2.63. The number of carbonyl (C=O) groups is 1. The number of rotatable bonds is 3. The first-order chi connectivity index (χ1) is 9.82. The van der Waals surface area contributed by atoms with Crippen molar-refractivity contribution in [1.29, 1.82) is 0 Å². The van der Waals surface area contributed by atoms with Gasteiger partial charge in [0.1, 0.15) is 5.76 Å². The molecule has 1 aromatic carbocycles. The second-order valence-electron chi connectivity index (χ2n) is 6.27. The number of anilines is 1. The summed E-state index contributed by atoms with van der Waals surface area (Å²) in [6.07, 6.45) is 1.54. The van der Waals surface area contributed by atoms with Crippen LogP contribution in [0.5, 0.6) is 0 Å². The Bertz CT molecular complexity index is 610. The Labute approximate surface area is 125 Å². The standard InChI is InChI=1S/C17H22N2O2/c1-4-13(19-12-7-5-11(18)6-8-12)16-14(20)9-17(2,3)10-15(16)21/h5-8,20H,4,9-10,18H2,1-3H3. The Hall–Kier alpha value is -2.10. The van der Waals surface area contributed by atoms with Crippen LogP contribution in [-0.2, 0) is 4.79 Å². The van der Waals surface area contributed by atoms with Crippen molar-refractivity contribution in [3.8, 4) is 0 Å². The topological polar surface area (TPSA) is 75.7 Å². The number of aliphatic imine (C=N–C) groups is 1. The van der Waals surface area contributed by atoms with E-state index in [0.29, 0.717) is 36.2 Å². The lowest BCUT2D eigenvalue weighted by molar-refractivity contribution is -0.117. The monoisotopic (exact) mass is 286 g/mol. The van der Waals surface area contributed by atoms with E-state index in [4.69, 9.17) is 5.73 Å². The molecule has 0 atom stereocenters. The summed E-state index contributed by atoms with van der Waals surface area (Å²) in [7, 11) is 0. The molecule has 3 N–H and O–H groups in total. The Morgan fingerprint density at radius 3 is 2.43 bits per heavy atom. The molecule has 0 radical (unpaired) electrons. The van der Waals surface area contributed by atoms with E-state index in [1.54, 1.807) is 24.3 Å². The van der Waals surface area contributed by atoms with Crippen LogP contribution in [0.4, 0.5) is 11.4 Å². The average molecular weight is 286 g/mol. The van der Waals surface area contributed by atoms with Crippen LogP contribution in [0.15, 0.2) is 40.6 Å². The molecule has 21 heavy (non-hydrogen) atoms. The van der Waals surface area contributed by atoms with Gasteiger partial charge < -0.3 is 10.8 Å². The molecule has 1 aromatic rings. The lowest BCUT2D eigenvalue weighted by atomic mass is 9.75. The zero-order valence-electron chi connectivity index (χ0n) is 12.8. The third kappa shape index (κ3) is 3.51. The molecule has 0 unspecified atom stereocenters. The van der Waals surface area contributed by atoms with Crippen molar-refractivity contribution < 1.29 is 9.90 Å². The van der Waals surface area contributed by atoms with Crippen molar-refractivity contribution >= 4 is 22.9 Å². The first kappa shape index (κ1) is 15.3. The molecule has 4 heteroatoms. The van der Waals surface area contributed by atoms with Crippen LogP contribution in [0, 0.1) is 5.41 Å². The van der Waals surface area contributed by atoms with Crippen LogP contribution in [0.25, 0.3) is 0 Å². The molecule has 0 spiro atoms. The molecule has 1 aliphatic carbocycles. The van der Waals surface area contributed by atoms with Crippen LogP contribution < -0.4 is 5.73 Å². The van der Waals surface area contributed by atoms with Crippen LogP contribution >= 0.6 is 0 Å². The molecule has 0 aromatic heterocycles. The summed E-state index contributed by atoms with van der Waals surface area (Å²) in [4.78, 5) is 16.9. The number of benzene rings is 1. The summed E-state index contributed by atoms with van der Waals surface area (Å²) in [6, 6.07) is 7.15. The van der Waals surface area contributed by atoms with Crippen LogP contribution in [0.2, 0.25) is 0 Å². The molecule has 0 amide bonds. The molecule has 112 valence electrons. The quantitative estimate of drug-likeness (QED) is 0.652. The van der Waals surface area contributed by atoms with E-state index < -0.39 is 0 Å². The van der Waals surface area contributed by atoms with E-state index >= 15 is 0 Å². The van der Waals surface area contributed by atoms with Gasteiger partial charge in [0, 0.05) is 18.5 Å². The van der Waals surface area contributed by atoms with Gasteiger partial charge in [0.2, 0.25) is 0 Å². The predicted octanol–water partition coefficient (Wildman–Crippen LogP) is 3.95. The van der Waals surface area contributed by atoms with E-state index in [1.807, 2.05) is 20.8 Å². The number of aliphatic hydroxyl groups is 1. The van der Waals surface area contributed by atoms with Crippen molar-refractivity contribution in [2.75, 3.05) is 5.73 Å². The Morgan fingerprint density at radius 2 is 1.90 bits per heavy atom. The lowest BCUT2D eigenvalue weighted by Gasteiger charge is -2.29. The highest BCUT2D eigenvalue weighted by Crippen LogP contribution is 2.36. The largest absolute Gasteiger partial charge is 0.511 e. The summed E-state index contributed by atoms with van der Waals surface area (Å²) >= 11 is 0. The summed E-state index contributed by atoms with van der Waals surface area (Å²) in [5.74, 6) is 0.132. The van der Waals surface area contributed by atoms with Gasteiger partial charge in [-0.3, -0.25) is 9.79 Å². The number of allylic oxidation sites excluding steroid dienone is 2. The number of hydrogen-bond donors (Lipinski definition) is 2. The van der Waals surface area contributed by atoms with Crippen molar-refractivity contribution in [3.05, 3.63) is 35.6 Å². The molecule has 0 heterocycles. The maximum Gasteiger partial charge on any atom is 0.168 e. The van der Waals surface area contributed by atoms with E-state index in [-0.39, 0.29) is 17.0 Å². The molecular formula is C17H22N2O2. The number of nitrogens with zero attached hydrogens (tertiary/aromatic N) is 1. The molecule has 0 bridgehead atoms. The van der Waals surface area contributed by atoms with Crippen molar-refractivity contribution in [2.45, 2.75) is 40.0 Å². The van der Waals surface area contributed by atoms with E-state index in [1.165, 1.54) is 0 Å². The summed E-state index contributed by atoms with van der Waals surface area (Å²) in [6.45, 7) is 5.91. The number of carbonyl (C=O) groups excluding carboxylic acids is 1. The van der Waals surface area contributed by atoms with Gasteiger partial charge >= 0.3 is 0 Å². The van der Waals surface area contributed by atoms with E-state index in [9.17, 15) is 9.90 Å². The molecule has 1 aliphatic rings. The third-order valence-corrected chi connectivity index (χ3v) is 3.63. The number of nitrogen functional groups attached to an aromatic ring is 1. The molecule has 0 aliphatic heterocycles. The number of nitrogens with two attached hydrogens (primary N) is 1. The molecule has 0 saturated heterocycles. The van der Waals surface area contributed by atoms with Gasteiger partial charge in [0.05, 0.1) is 17.0 Å². The lowest BCUT2D eigenvalue weighted by Crippen LogP contribution is -2.29. The Balaban J connectivity index is 2.41. The molecule has 4 nitrogen and oxygen atoms in total. The summed E-state index contributed by atoms with van der Waals surface area (Å²) in [5, 5.41) is 10.3. The smallest absolute Gasteiger partial charge is 0.168 e. The van der Waals surface area contributed by atoms with Crippen LogP contribution in [-0.4, -0.2) is 16.6 Å². The summed E-state index contributed by atoms with van der Waals surface area (Å²) < 4.78 is 0. The Morgan fingerprint density at radius 1 is 1.29 bits per heavy atom. The van der Waals surface area contributed by atoms with E-state index in [0.717, 1.165) is 5.69 Å². The van der Waals surface area contributed by atoms with Crippen molar-refractivity contribution in [1.82, 2.24) is 0 Å². The zero-order valence-corrected chi connectivity index (χ0v) is 12.8. The second-order valence-corrected chi connectivity index (χ2v) is 6.27. The highest BCUT2D eigenvalue weighted by Gasteiger charge is 2.34. The first-order valence-electron chi connectivity index (χ1n) is 7.21. The maximum absolute atomic E-state index is 12.3. The minimum atomic E-state index is -0.190. The SMILES string of the molecule is CCC(=Nc1ccc(N)cc1)C1=C(O)CC(C)(C)CC1=O. The summed E-state index contributed by atoms with van der Waals surface area (Å²) in [5.41, 5.74) is 7.90. The molecule has 0 fully saturated rings. The highest BCUT2D eigenvalue weighted by atomic mass is 16.3. The minimum Gasteiger partial charge on any atom is -0.511 e. The third-order valence-electron chi connectivity index (χ3n) is 3.63. The van der Waals surface area contributed by atoms with E-state index in [2.05, 4.69) is 4.99 Å². The fourth-order valence-electron chi connectivity index (χ4n) is 2.63. The molecule has 2 rings (SSSR count). The van der Waals surface area contributed by atoms with Gasteiger partial charge in [0.25, 0.3) is 0 Å². The number of hydrogen-bond acceptors (Lipinski definition) is 4. The molecular weight excluding hydrogens is 264 g/mol. The van der Waals surface area contributed by atoms with Gasteiger partial charge in [-0.1, -0.05) is 20.8 Å². The van der Waals surface area contributed by atoms with Gasteiger partial charge in [0.15, 0.2) is 5.78 Å². The number of ketones is 1. The first-order valence-corrected chi connectivity index (χ1v) is 7.21. The predicted molar refractivity (Wildman–Crippen MR) is 85.9 cm³/mol. The van der Waals surface area contributed by atoms with Gasteiger partial charge in [-0.15, -0.1) is 0 Å². The number of Topliss-reactive ketones (excluding diaryl/α,β-unsaturated/α-hetero) is 1. The van der Waals surface area contributed by atoms with Crippen LogP contribution in [0.3, 0.4) is 0 Å². The molecule has 0 saturated carbocycles. The van der Waals surface area contributed by atoms with Crippen LogP contribution in [0.1, 0.15) is 40.0 Å². The minimum absolute atomic E-state index is 0.0280. The highest BCUT2D eigenvalue weighted by molar-refractivity contribution is 6.23. The Kier molecular flexibility index (Phi) is 4.16.